The second kappa shape index (κ2) is 3.14. The zero-order valence-electron chi connectivity index (χ0n) is 6.22. The van der Waals surface area contributed by atoms with E-state index in [4.69, 9.17) is 0 Å². The van der Waals surface area contributed by atoms with Gasteiger partial charge in [-0.2, -0.15) is 10.1 Å². The number of rotatable bonds is 2. The molecule has 5 heteroatoms. The molecule has 2 N–H and O–H groups in total. The van der Waals surface area contributed by atoms with Gasteiger partial charge in [0.15, 0.2) is 5.82 Å². The molecule has 0 atom stereocenters. The fourth-order valence-electron chi connectivity index (χ4n) is 0.631. The highest BCUT2D eigenvalue weighted by Gasteiger charge is 2.00. The fraction of sp³-hybridized carbons (Fsp3) is 0.333. The molecule has 1 heterocycles. The van der Waals surface area contributed by atoms with Gasteiger partial charge in [-0.1, -0.05) is 0 Å². The van der Waals surface area contributed by atoms with Gasteiger partial charge in [0.05, 0.1) is 0 Å². The summed E-state index contributed by atoms with van der Waals surface area (Å²) in [5.41, 5.74) is 0. The molecule has 0 fully saturated rings. The van der Waals surface area contributed by atoms with E-state index in [-0.39, 0.29) is 5.91 Å². The van der Waals surface area contributed by atoms with Crippen LogP contribution in [-0.4, -0.2) is 21.1 Å². The summed E-state index contributed by atoms with van der Waals surface area (Å²) in [5, 5.41) is 8.79. The van der Waals surface area contributed by atoms with Gasteiger partial charge in [0.2, 0.25) is 11.9 Å². The summed E-state index contributed by atoms with van der Waals surface area (Å²) in [6, 6.07) is 0. The van der Waals surface area contributed by atoms with Gasteiger partial charge in [-0.15, -0.1) is 0 Å². The van der Waals surface area contributed by atoms with Crippen LogP contribution in [-0.2, 0) is 11.2 Å². The predicted molar refractivity (Wildman–Crippen MR) is 39.7 cm³/mol. The third kappa shape index (κ3) is 2.03. The molecule has 0 aliphatic heterocycles. The van der Waals surface area contributed by atoms with E-state index < -0.39 is 0 Å². The van der Waals surface area contributed by atoms with Crippen molar-refractivity contribution in [2.75, 3.05) is 5.32 Å². The molecule has 5 nitrogen and oxygen atoms in total. The molecule has 0 spiro atoms. The van der Waals surface area contributed by atoms with E-state index in [1.54, 1.807) is 0 Å². The number of nitrogens with zero attached hydrogens (tertiary/aromatic N) is 2. The number of hydrogen-bond donors (Lipinski definition) is 2. The molecule has 0 bridgehead atoms. The van der Waals surface area contributed by atoms with Gasteiger partial charge in [-0.25, -0.2) is 5.10 Å². The van der Waals surface area contributed by atoms with Crippen LogP contribution in [0, 0.1) is 6.92 Å². The molecule has 0 aliphatic rings. The van der Waals surface area contributed by atoms with Crippen LogP contribution in [0.4, 0.5) is 5.95 Å². The number of amides is 1. The second-order valence-electron chi connectivity index (χ2n) is 2.03. The van der Waals surface area contributed by atoms with E-state index in [1.165, 1.54) is 6.92 Å². The molecule has 0 aliphatic carbocycles. The highest BCUT2D eigenvalue weighted by Crippen LogP contribution is 1.97. The lowest BCUT2D eigenvalue weighted by Crippen LogP contribution is -2.07. The summed E-state index contributed by atoms with van der Waals surface area (Å²) < 4.78 is 0. The van der Waals surface area contributed by atoms with Crippen LogP contribution in [0.2, 0.25) is 0 Å². The third-order valence-electron chi connectivity index (χ3n) is 1.05. The minimum Gasteiger partial charge on any atom is -0.295 e. The maximum atomic E-state index is 10.5. The molecule has 1 aromatic heterocycles. The van der Waals surface area contributed by atoms with Gasteiger partial charge < -0.3 is 0 Å². The van der Waals surface area contributed by atoms with Gasteiger partial charge >= 0.3 is 0 Å². The molecule has 0 saturated carbocycles. The minimum atomic E-state index is -0.170. The number of aromatic amines is 1. The summed E-state index contributed by atoms with van der Waals surface area (Å²) >= 11 is 0. The Labute approximate surface area is 64.2 Å². The van der Waals surface area contributed by atoms with Crippen LogP contribution in [0.5, 0.6) is 0 Å². The Hall–Kier alpha value is -1.39. The number of hydrogen-bond acceptors (Lipinski definition) is 3. The monoisotopic (exact) mass is 153 g/mol. The highest BCUT2D eigenvalue weighted by atomic mass is 16.1. The van der Waals surface area contributed by atoms with E-state index in [9.17, 15) is 4.79 Å². The van der Waals surface area contributed by atoms with Crippen molar-refractivity contribution in [2.45, 2.75) is 13.3 Å². The first kappa shape index (κ1) is 7.71. The molecule has 59 valence electrons. The van der Waals surface area contributed by atoms with Crippen LogP contribution >= 0.6 is 0 Å². The SMILES string of the molecule is [CH2]Cc1n[nH]c(NC(C)=O)n1. The molecular weight excluding hydrogens is 144 g/mol. The maximum Gasteiger partial charge on any atom is 0.225 e. The largest absolute Gasteiger partial charge is 0.295 e. The van der Waals surface area contributed by atoms with Gasteiger partial charge in [0.1, 0.15) is 0 Å². The number of nitrogens with one attached hydrogen (secondary N) is 2. The molecule has 1 rings (SSSR count). The van der Waals surface area contributed by atoms with Gasteiger partial charge in [-0.3, -0.25) is 10.1 Å². The van der Waals surface area contributed by atoms with Crippen molar-refractivity contribution in [3.63, 3.8) is 0 Å². The standard InChI is InChI=1S/C6H9N4O/c1-3-5-8-6(10-9-5)7-4(2)11/h1,3H2,2H3,(H2,7,8,9,10,11). The molecule has 11 heavy (non-hydrogen) atoms. The number of carbonyl (C=O) groups excluding carboxylic acids is 1. The first-order valence-electron chi connectivity index (χ1n) is 3.20. The van der Waals surface area contributed by atoms with E-state index in [1.807, 2.05) is 0 Å². The quantitative estimate of drug-likeness (QED) is 0.634. The first-order valence-corrected chi connectivity index (χ1v) is 3.20. The van der Waals surface area contributed by atoms with Crippen LogP contribution in [0.3, 0.4) is 0 Å². The van der Waals surface area contributed by atoms with E-state index in [0.717, 1.165) is 0 Å². The van der Waals surface area contributed by atoms with Crippen molar-refractivity contribution in [2.24, 2.45) is 0 Å². The van der Waals surface area contributed by atoms with Crippen LogP contribution in [0.1, 0.15) is 12.7 Å². The molecule has 0 saturated heterocycles. The number of anilines is 1. The lowest BCUT2D eigenvalue weighted by atomic mass is 10.5. The fourth-order valence-corrected chi connectivity index (χ4v) is 0.631. The third-order valence-corrected chi connectivity index (χ3v) is 1.05. The summed E-state index contributed by atoms with van der Waals surface area (Å²) in [6.45, 7) is 5.00. The Bertz CT molecular complexity index is 255. The normalized spacial score (nSPS) is 9.64. The molecular formula is C6H9N4O. The molecule has 1 aromatic rings. The summed E-state index contributed by atoms with van der Waals surface area (Å²) in [4.78, 5) is 14.4. The topological polar surface area (TPSA) is 70.7 Å². The minimum absolute atomic E-state index is 0.170. The summed E-state index contributed by atoms with van der Waals surface area (Å²) in [5.74, 6) is 0.793. The molecule has 1 amide bonds. The average molecular weight is 153 g/mol. The van der Waals surface area contributed by atoms with Crippen molar-refractivity contribution < 1.29 is 4.79 Å². The van der Waals surface area contributed by atoms with Gasteiger partial charge in [-0.05, 0) is 6.92 Å². The summed E-state index contributed by atoms with van der Waals surface area (Å²) in [6.07, 6.45) is 0.510. The Balaban J connectivity index is 2.65. The average Bonchev–Trinajstić information content (AvgIpc) is 2.34. The highest BCUT2D eigenvalue weighted by molar-refractivity contribution is 5.86. The van der Waals surface area contributed by atoms with E-state index in [0.29, 0.717) is 18.2 Å². The zero-order valence-corrected chi connectivity index (χ0v) is 6.22. The van der Waals surface area contributed by atoms with Crippen molar-refractivity contribution in [1.29, 1.82) is 0 Å². The molecule has 0 aromatic carbocycles. The van der Waals surface area contributed by atoms with E-state index in [2.05, 4.69) is 27.4 Å². The molecule has 0 unspecified atom stereocenters. The van der Waals surface area contributed by atoms with Gasteiger partial charge in [0, 0.05) is 13.3 Å². The van der Waals surface area contributed by atoms with Crippen LogP contribution < -0.4 is 5.32 Å². The van der Waals surface area contributed by atoms with Crippen molar-refractivity contribution in [1.82, 2.24) is 15.2 Å². The van der Waals surface area contributed by atoms with Crippen molar-refractivity contribution in [3.05, 3.63) is 12.7 Å². The Kier molecular flexibility index (Phi) is 2.20. The van der Waals surface area contributed by atoms with Crippen LogP contribution in [0.15, 0.2) is 0 Å². The predicted octanol–water partition coefficient (Wildman–Crippen LogP) is 0.140. The van der Waals surface area contributed by atoms with Crippen LogP contribution in [0.25, 0.3) is 0 Å². The number of carbonyl (C=O) groups is 1. The number of H-pyrrole nitrogens is 1. The Morgan fingerprint density at radius 3 is 3.00 bits per heavy atom. The van der Waals surface area contributed by atoms with Gasteiger partial charge in [0.25, 0.3) is 0 Å². The van der Waals surface area contributed by atoms with E-state index >= 15 is 0 Å². The maximum absolute atomic E-state index is 10.5. The lowest BCUT2D eigenvalue weighted by molar-refractivity contribution is -0.114. The summed E-state index contributed by atoms with van der Waals surface area (Å²) in [7, 11) is 0. The smallest absolute Gasteiger partial charge is 0.225 e. The first-order chi connectivity index (χ1) is 5.22. The Morgan fingerprint density at radius 1 is 1.82 bits per heavy atom. The molecule has 1 radical (unpaired) electrons. The zero-order chi connectivity index (χ0) is 8.27. The second-order valence-corrected chi connectivity index (χ2v) is 2.03. The van der Waals surface area contributed by atoms with Crippen molar-refractivity contribution in [3.8, 4) is 0 Å². The lowest BCUT2D eigenvalue weighted by Gasteiger charge is -1.91. The van der Waals surface area contributed by atoms with Crippen molar-refractivity contribution >= 4 is 11.9 Å². The number of aromatic nitrogens is 3. The Morgan fingerprint density at radius 2 is 2.55 bits per heavy atom.